The zero-order valence-electron chi connectivity index (χ0n) is 17.0. The van der Waals surface area contributed by atoms with Crippen LogP contribution in [0, 0.1) is 0 Å². The lowest BCUT2D eigenvalue weighted by molar-refractivity contribution is 0.384. The number of fused-ring (bicyclic) bond motifs is 4. The minimum Gasteiger partial charge on any atom is -0.353 e. The average molecular weight is 451 g/mol. The smallest absolute Gasteiger partial charge is 0.243 e. The van der Waals surface area contributed by atoms with Crippen LogP contribution in [-0.4, -0.2) is 48.9 Å². The van der Waals surface area contributed by atoms with E-state index in [4.69, 9.17) is 0 Å². The molecule has 0 radical (unpaired) electrons. The van der Waals surface area contributed by atoms with Crippen LogP contribution in [0.15, 0.2) is 53.7 Å². The molecule has 8 heteroatoms. The Kier molecular flexibility index (Phi) is 4.48. The van der Waals surface area contributed by atoms with Gasteiger partial charge in [-0.2, -0.15) is 4.31 Å². The average Bonchev–Trinajstić information content (AvgIpc) is 3.40. The number of nitrogens with zero attached hydrogens (tertiary/aromatic N) is 4. The second kappa shape index (κ2) is 7.25. The fourth-order valence-corrected chi connectivity index (χ4v) is 7.45. The number of sulfonamides is 1. The number of aromatic nitrogens is 2. The summed E-state index contributed by atoms with van der Waals surface area (Å²) < 4.78 is 28.2. The van der Waals surface area contributed by atoms with Crippen molar-refractivity contribution in [1.29, 1.82) is 0 Å². The van der Waals surface area contributed by atoms with Crippen molar-refractivity contribution >= 4 is 48.2 Å². The Balaban J connectivity index is 1.27. The van der Waals surface area contributed by atoms with E-state index < -0.39 is 10.0 Å². The lowest BCUT2D eigenvalue weighted by Crippen LogP contribution is -2.49. The van der Waals surface area contributed by atoms with Crippen LogP contribution in [0.4, 0.5) is 5.82 Å². The Morgan fingerprint density at radius 3 is 2.55 bits per heavy atom. The minimum absolute atomic E-state index is 0.361. The summed E-state index contributed by atoms with van der Waals surface area (Å²) in [6.07, 6.45) is 5.06. The monoisotopic (exact) mass is 450 g/mol. The van der Waals surface area contributed by atoms with Crippen molar-refractivity contribution in [2.45, 2.75) is 24.2 Å². The van der Waals surface area contributed by atoms with Gasteiger partial charge in [-0.1, -0.05) is 30.3 Å². The normalized spacial score (nSPS) is 17.5. The molecule has 4 aromatic rings. The van der Waals surface area contributed by atoms with Gasteiger partial charge in [0.1, 0.15) is 17.0 Å². The highest BCUT2D eigenvalue weighted by Crippen LogP contribution is 2.40. The van der Waals surface area contributed by atoms with Gasteiger partial charge in [0.15, 0.2) is 0 Å². The summed E-state index contributed by atoms with van der Waals surface area (Å²) in [5, 5.41) is 3.17. The molecular formula is C23H22N4O2S2. The summed E-state index contributed by atoms with van der Waals surface area (Å²) >= 11 is 1.78. The highest BCUT2D eigenvalue weighted by Gasteiger charge is 2.31. The van der Waals surface area contributed by atoms with Crippen LogP contribution in [0.3, 0.4) is 0 Å². The summed E-state index contributed by atoms with van der Waals surface area (Å²) in [6.45, 7) is 2.16. The van der Waals surface area contributed by atoms with Gasteiger partial charge in [0.2, 0.25) is 10.0 Å². The van der Waals surface area contributed by atoms with E-state index in [1.165, 1.54) is 22.2 Å². The third-order valence-corrected chi connectivity index (χ3v) is 9.47. The van der Waals surface area contributed by atoms with Gasteiger partial charge in [0, 0.05) is 31.1 Å². The van der Waals surface area contributed by atoms with Crippen molar-refractivity contribution in [1.82, 2.24) is 14.3 Å². The third-order valence-electron chi connectivity index (χ3n) is 6.38. The Morgan fingerprint density at radius 2 is 1.71 bits per heavy atom. The zero-order valence-corrected chi connectivity index (χ0v) is 18.6. The molecule has 31 heavy (non-hydrogen) atoms. The number of anilines is 1. The largest absolute Gasteiger partial charge is 0.353 e. The van der Waals surface area contributed by atoms with E-state index in [9.17, 15) is 8.42 Å². The highest BCUT2D eigenvalue weighted by atomic mass is 32.2. The SMILES string of the molecule is O=S(=O)(c1ccc2ccccc2c1)N1CCN(c2ncnc3sc4c(c23)CCC4)CC1. The molecule has 6 rings (SSSR count). The Labute approximate surface area is 185 Å². The molecule has 158 valence electrons. The molecule has 6 nitrogen and oxygen atoms in total. The van der Waals surface area contributed by atoms with Crippen LogP contribution in [0.25, 0.3) is 21.0 Å². The second-order valence-electron chi connectivity index (χ2n) is 8.13. The maximum atomic E-state index is 13.3. The number of rotatable bonds is 3. The first-order valence-electron chi connectivity index (χ1n) is 10.6. The van der Waals surface area contributed by atoms with Gasteiger partial charge in [-0.05, 0) is 47.7 Å². The first kappa shape index (κ1) is 19.2. The van der Waals surface area contributed by atoms with Gasteiger partial charge < -0.3 is 4.90 Å². The molecule has 0 amide bonds. The van der Waals surface area contributed by atoms with E-state index >= 15 is 0 Å². The molecule has 0 N–H and O–H groups in total. The number of piperazine rings is 1. The van der Waals surface area contributed by atoms with Crippen molar-refractivity contribution < 1.29 is 8.42 Å². The highest BCUT2D eigenvalue weighted by molar-refractivity contribution is 7.89. The van der Waals surface area contributed by atoms with Crippen LogP contribution in [-0.2, 0) is 22.9 Å². The lowest BCUT2D eigenvalue weighted by atomic mass is 10.1. The maximum Gasteiger partial charge on any atom is 0.243 e. The summed E-state index contributed by atoms with van der Waals surface area (Å²) in [4.78, 5) is 14.2. The number of benzene rings is 2. The van der Waals surface area contributed by atoms with Crippen molar-refractivity contribution in [2.24, 2.45) is 0 Å². The summed E-state index contributed by atoms with van der Waals surface area (Å²) in [5.74, 6) is 0.965. The standard InChI is InChI=1S/C23H22N4O2S2/c28-31(29,18-9-8-16-4-1-2-5-17(16)14-18)27-12-10-26(11-13-27)22-21-19-6-3-7-20(19)30-23(21)25-15-24-22/h1-2,4-5,8-9,14-15H,3,6-7,10-13H2. The predicted octanol–water partition coefficient (Wildman–Crippen LogP) is 3.84. The van der Waals surface area contributed by atoms with E-state index in [1.54, 1.807) is 34.1 Å². The summed E-state index contributed by atoms with van der Waals surface area (Å²) in [6, 6.07) is 13.2. The van der Waals surface area contributed by atoms with E-state index in [1.807, 2.05) is 30.3 Å². The van der Waals surface area contributed by atoms with Gasteiger partial charge in [-0.15, -0.1) is 11.3 Å². The first-order chi connectivity index (χ1) is 15.1. The Hall–Kier alpha value is -2.55. The van der Waals surface area contributed by atoms with Crippen LogP contribution in [0.2, 0.25) is 0 Å². The van der Waals surface area contributed by atoms with Crippen molar-refractivity contribution in [3.8, 4) is 0 Å². The van der Waals surface area contributed by atoms with Crippen molar-refractivity contribution in [2.75, 3.05) is 31.1 Å². The van der Waals surface area contributed by atoms with E-state index in [2.05, 4.69) is 14.9 Å². The van der Waals surface area contributed by atoms with Gasteiger partial charge in [0.25, 0.3) is 0 Å². The molecule has 0 atom stereocenters. The second-order valence-corrected chi connectivity index (χ2v) is 11.2. The first-order valence-corrected chi connectivity index (χ1v) is 12.9. The molecule has 1 aliphatic heterocycles. The molecule has 2 aromatic heterocycles. The third kappa shape index (κ3) is 3.12. The number of aryl methyl sites for hydroxylation is 2. The van der Waals surface area contributed by atoms with E-state index in [-0.39, 0.29) is 0 Å². The quantitative estimate of drug-likeness (QED) is 0.474. The van der Waals surface area contributed by atoms with Crippen LogP contribution in [0.5, 0.6) is 0 Å². The van der Waals surface area contributed by atoms with Gasteiger partial charge in [-0.25, -0.2) is 18.4 Å². The van der Waals surface area contributed by atoms with Crippen molar-refractivity contribution in [3.63, 3.8) is 0 Å². The molecule has 0 unspecified atom stereocenters. The molecule has 1 saturated heterocycles. The van der Waals surface area contributed by atoms with E-state index in [0.29, 0.717) is 31.1 Å². The van der Waals surface area contributed by atoms with Gasteiger partial charge >= 0.3 is 0 Å². The fourth-order valence-electron chi connectivity index (χ4n) is 4.77. The molecule has 2 aromatic carbocycles. The van der Waals surface area contributed by atoms with Crippen LogP contribution in [0.1, 0.15) is 16.9 Å². The molecule has 0 bridgehead atoms. The number of hydrogen-bond acceptors (Lipinski definition) is 6. The van der Waals surface area contributed by atoms with Crippen molar-refractivity contribution in [3.05, 3.63) is 59.2 Å². The number of thiophene rings is 1. The van der Waals surface area contributed by atoms with Crippen LogP contribution >= 0.6 is 11.3 Å². The molecule has 3 heterocycles. The molecular weight excluding hydrogens is 428 g/mol. The molecule has 0 spiro atoms. The van der Waals surface area contributed by atoms with Gasteiger partial charge in [0.05, 0.1) is 10.3 Å². The summed E-state index contributed by atoms with van der Waals surface area (Å²) in [5.41, 5.74) is 1.40. The predicted molar refractivity (Wildman–Crippen MR) is 124 cm³/mol. The number of hydrogen-bond donors (Lipinski definition) is 0. The lowest BCUT2D eigenvalue weighted by Gasteiger charge is -2.35. The molecule has 1 fully saturated rings. The maximum absolute atomic E-state index is 13.3. The minimum atomic E-state index is -3.52. The van der Waals surface area contributed by atoms with Gasteiger partial charge in [-0.3, -0.25) is 0 Å². The molecule has 1 aliphatic carbocycles. The molecule has 2 aliphatic rings. The fraction of sp³-hybridized carbons (Fsp3) is 0.304. The van der Waals surface area contributed by atoms with E-state index in [0.717, 1.165) is 34.3 Å². The Morgan fingerprint density at radius 1 is 0.903 bits per heavy atom. The molecule has 0 saturated carbocycles. The van der Waals surface area contributed by atoms with Crippen LogP contribution < -0.4 is 4.90 Å². The zero-order chi connectivity index (χ0) is 21.0. The topological polar surface area (TPSA) is 66.4 Å². The summed E-state index contributed by atoms with van der Waals surface area (Å²) in [7, 11) is -3.52. The Bertz CT molecular complexity index is 1410.